The number of benzene rings is 1. The molecular weight excluding hydrogens is 361 g/mol. The van der Waals surface area contributed by atoms with E-state index in [4.69, 9.17) is 9.47 Å². The maximum atomic E-state index is 11.9. The van der Waals surface area contributed by atoms with Crippen LogP contribution >= 0.6 is 0 Å². The second-order valence-corrected chi connectivity index (χ2v) is 4.95. The van der Waals surface area contributed by atoms with Crippen LogP contribution in [0, 0.1) is 6.92 Å². The highest BCUT2D eigenvalue weighted by Crippen LogP contribution is 2.27. The first-order valence-corrected chi connectivity index (χ1v) is 7.18. The molecule has 0 radical (unpaired) electrons. The predicted octanol–water partition coefficient (Wildman–Crippen LogP) is 1.31. The van der Waals surface area contributed by atoms with Crippen molar-refractivity contribution in [3.05, 3.63) is 23.8 Å². The maximum absolute atomic E-state index is 11.9. The van der Waals surface area contributed by atoms with Gasteiger partial charge in [-0.3, -0.25) is 10.1 Å². The SMILES string of the molecule is COc1cc(C)ccc1OCC(=O)OCC(=O)NC(=O)NCC(F)(F)F. The molecular formula is C15H17F3N2O6. The number of rotatable bonds is 7. The van der Waals surface area contributed by atoms with Gasteiger partial charge in [0.2, 0.25) is 0 Å². The summed E-state index contributed by atoms with van der Waals surface area (Å²) in [7, 11) is 1.42. The number of aryl methyl sites for hydroxylation is 1. The average Bonchev–Trinajstić information content (AvgIpc) is 2.56. The smallest absolute Gasteiger partial charge is 0.405 e. The third kappa shape index (κ3) is 8.22. The zero-order valence-electron chi connectivity index (χ0n) is 13.9. The fraction of sp³-hybridized carbons (Fsp3) is 0.400. The second kappa shape index (κ2) is 9.49. The molecule has 3 amide bonds. The average molecular weight is 378 g/mol. The van der Waals surface area contributed by atoms with E-state index in [0.29, 0.717) is 5.75 Å². The molecule has 0 saturated heterocycles. The predicted molar refractivity (Wildman–Crippen MR) is 81.8 cm³/mol. The van der Waals surface area contributed by atoms with Gasteiger partial charge in [0.05, 0.1) is 7.11 Å². The monoisotopic (exact) mass is 378 g/mol. The number of ether oxygens (including phenoxy) is 3. The van der Waals surface area contributed by atoms with Crippen LogP contribution in [0.5, 0.6) is 11.5 Å². The van der Waals surface area contributed by atoms with Gasteiger partial charge in [0.1, 0.15) is 6.54 Å². The van der Waals surface area contributed by atoms with Crippen molar-refractivity contribution in [2.45, 2.75) is 13.1 Å². The van der Waals surface area contributed by atoms with Crippen LogP contribution in [0.3, 0.4) is 0 Å². The Balaban J connectivity index is 2.33. The molecule has 0 bridgehead atoms. The minimum atomic E-state index is -4.61. The van der Waals surface area contributed by atoms with Crippen molar-refractivity contribution in [3.8, 4) is 11.5 Å². The van der Waals surface area contributed by atoms with Gasteiger partial charge in [-0.05, 0) is 24.6 Å². The minimum Gasteiger partial charge on any atom is -0.493 e. The van der Waals surface area contributed by atoms with Crippen LogP contribution in [0.1, 0.15) is 5.56 Å². The van der Waals surface area contributed by atoms with Crippen molar-refractivity contribution in [2.24, 2.45) is 0 Å². The van der Waals surface area contributed by atoms with Gasteiger partial charge in [-0.25, -0.2) is 9.59 Å². The summed E-state index contributed by atoms with van der Waals surface area (Å²) in [6, 6.07) is 3.65. The van der Waals surface area contributed by atoms with Crippen molar-refractivity contribution < 1.29 is 41.8 Å². The lowest BCUT2D eigenvalue weighted by molar-refractivity contribution is -0.150. The van der Waals surface area contributed by atoms with Crippen molar-refractivity contribution >= 4 is 17.9 Å². The van der Waals surface area contributed by atoms with E-state index in [1.807, 2.05) is 6.92 Å². The number of alkyl halides is 3. The molecule has 1 rings (SSSR count). The van der Waals surface area contributed by atoms with E-state index in [0.717, 1.165) is 5.56 Å². The zero-order valence-corrected chi connectivity index (χ0v) is 13.9. The molecule has 1 aromatic rings. The molecule has 0 heterocycles. The van der Waals surface area contributed by atoms with Crippen molar-refractivity contribution in [2.75, 3.05) is 26.9 Å². The molecule has 8 nitrogen and oxygen atoms in total. The number of amides is 3. The number of carbonyl (C=O) groups excluding carboxylic acids is 3. The number of hydrogen-bond acceptors (Lipinski definition) is 6. The van der Waals surface area contributed by atoms with E-state index in [-0.39, 0.29) is 5.75 Å². The van der Waals surface area contributed by atoms with Crippen LogP contribution in [0.15, 0.2) is 18.2 Å². The molecule has 0 aliphatic rings. The Morgan fingerprint density at radius 1 is 1.12 bits per heavy atom. The Kier molecular flexibility index (Phi) is 7.69. The van der Waals surface area contributed by atoms with Crippen molar-refractivity contribution in [3.63, 3.8) is 0 Å². The lowest BCUT2D eigenvalue weighted by Gasteiger charge is -2.11. The van der Waals surface area contributed by atoms with Crippen LogP contribution in [-0.2, 0) is 14.3 Å². The van der Waals surface area contributed by atoms with E-state index >= 15 is 0 Å². The molecule has 0 saturated carbocycles. The zero-order chi connectivity index (χ0) is 19.7. The fourth-order valence-electron chi connectivity index (χ4n) is 1.61. The van der Waals surface area contributed by atoms with E-state index < -0.39 is 43.8 Å². The summed E-state index contributed by atoms with van der Waals surface area (Å²) in [5.41, 5.74) is 0.914. The van der Waals surface area contributed by atoms with Gasteiger partial charge in [-0.1, -0.05) is 6.07 Å². The van der Waals surface area contributed by atoms with Gasteiger partial charge < -0.3 is 19.5 Å². The first-order chi connectivity index (χ1) is 12.1. The molecule has 0 aromatic heterocycles. The number of imide groups is 1. The summed E-state index contributed by atoms with van der Waals surface area (Å²) in [6.45, 7) is -1.15. The quantitative estimate of drug-likeness (QED) is 0.694. The highest BCUT2D eigenvalue weighted by Gasteiger charge is 2.28. The molecule has 0 aliphatic carbocycles. The maximum Gasteiger partial charge on any atom is 0.405 e. The molecule has 0 atom stereocenters. The van der Waals surface area contributed by atoms with Gasteiger partial charge in [0.25, 0.3) is 5.91 Å². The summed E-state index contributed by atoms with van der Waals surface area (Å²) in [5, 5.41) is 3.01. The topological polar surface area (TPSA) is 103 Å². The lowest BCUT2D eigenvalue weighted by Crippen LogP contribution is -2.44. The second-order valence-electron chi connectivity index (χ2n) is 4.95. The van der Waals surface area contributed by atoms with Gasteiger partial charge in [0, 0.05) is 0 Å². The van der Waals surface area contributed by atoms with Crippen LogP contribution in [0.4, 0.5) is 18.0 Å². The van der Waals surface area contributed by atoms with E-state index in [1.54, 1.807) is 23.5 Å². The van der Waals surface area contributed by atoms with Crippen molar-refractivity contribution in [1.82, 2.24) is 10.6 Å². The summed E-state index contributed by atoms with van der Waals surface area (Å²) >= 11 is 0. The molecule has 2 N–H and O–H groups in total. The van der Waals surface area contributed by atoms with E-state index in [9.17, 15) is 27.6 Å². The van der Waals surface area contributed by atoms with Gasteiger partial charge in [-0.15, -0.1) is 0 Å². The molecule has 0 spiro atoms. The standard InChI is InChI=1S/C15H17F3N2O6/c1-9-3-4-10(11(5-9)24-2)25-7-13(22)26-6-12(21)20-14(23)19-8-15(16,17)18/h3-5H,6-8H2,1-2H3,(H2,19,20,21,23). The first kappa shape index (κ1) is 21.1. The Hall–Kier alpha value is -2.98. The number of methoxy groups -OCH3 is 1. The van der Waals surface area contributed by atoms with E-state index in [1.165, 1.54) is 12.4 Å². The Morgan fingerprint density at radius 2 is 1.81 bits per heavy atom. The van der Waals surface area contributed by atoms with Crippen LogP contribution < -0.4 is 20.1 Å². The number of hydrogen-bond donors (Lipinski definition) is 2. The summed E-state index contributed by atoms with van der Waals surface area (Å²) in [4.78, 5) is 33.8. The molecule has 0 aliphatic heterocycles. The first-order valence-electron chi connectivity index (χ1n) is 7.18. The lowest BCUT2D eigenvalue weighted by atomic mass is 10.2. The van der Waals surface area contributed by atoms with Crippen LogP contribution in [0.25, 0.3) is 0 Å². The minimum absolute atomic E-state index is 0.283. The molecule has 26 heavy (non-hydrogen) atoms. The van der Waals surface area contributed by atoms with Gasteiger partial charge in [-0.2, -0.15) is 13.2 Å². The Morgan fingerprint density at radius 3 is 2.42 bits per heavy atom. The number of esters is 1. The normalized spacial score (nSPS) is 10.7. The molecule has 11 heteroatoms. The molecule has 1 aromatic carbocycles. The third-order valence-corrected chi connectivity index (χ3v) is 2.73. The van der Waals surface area contributed by atoms with Crippen LogP contribution in [-0.4, -0.2) is 51.0 Å². The summed E-state index contributed by atoms with van der Waals surface area (Å²) in [6.07, 6.45) is -4.61. The van der Waals surface area contributed by atoms with E-state index in [2.05, 4.69) is 4.74 Å². The largest absolute Gasteiger partial charge is 0.493 e. The molecule has 144 valence electrons. The number of halogens is 3. The van der Waals surface area contributed by atoms with Crippen LogP contribution in [0.2, 0.25) is 0 Å². The highest BCUT2D eigenvalue weighted by molar-refractivity contribution is 5.95. The number of carbonyl (C=O) groups is 3. The molecule has 0 unspecified atom stereocenters. The Labute approximate surface area is 146 Å². The third-order valence-electron chi connectivity index (χ3n) is 2.73. The Bertz CT molecular complexity index is 663. The number of urea groups is 1. The van der Waals surface area contributed by atoms with Crippen molar-refractivity contribution in [1.29, 1.82) is 0 Å². The highest BCUT2D eigenvalue weighted by atomic mass is 19.4. The number of nitrogens with one attached hydrogen (secondary N) is 2. The van der Waals surface area contributed by atoms with Gasteiger partial charge in [0.15, 0.2) is 24.7 Å². The summed E-state index contributed by atoms with van der Waals surface area (Å²) < 4.78 is 50.5. The fourth-order valence-corrected chi connectivity index (χ4v) is 1.61. The van der Waals surface area contributed by atoms with Gasteiger partial charge >= 0.3 is 18.2 Å². The molecule has 0 fully saturated rings. The summed E-state index contributed by atoms with van der Waals surface area (Å²) in [5.74, 6) is -1.33.